The Morgan fingerprint density at radius 3 is 2.55 bits per heavy atom. The summed E-state index contributed by atoms with van der Waals surface area (Å²) in [5, 5.41) is 11.9. The number of oxime groups is 1. The van der Waals surface area contributed by atoms with Crippen LogP contribution < -0.4 is 10.5 Å². The molecule has 0 spiro atoms. The fourth-order valence-corrected chi connectivity index (χ4v) is 1.94. The lowest BCUT2D eigenvalue weighted by atomic mass is 10.1. The maximum absolute atomic E-state index is 8.88. The van der Waals surface area contributed by atoms with Crippen molar-refractivity contribution in [2.24, 2.45) is 10.9 Å². The van der Waals surface area contributed by atoms with Gasteiger partial charge in [-0.2, -0.15) is 0 Å². The number of hydrogen-bond acceptors (Lipinski definition) is 3. The first kappa shape index (κ1) is 13.9. The van der Waals surface area contributed by atoms with Crippen molar-refractivity contribution in [3.8, 4) is 11.5 Å². The first-order valence-electron chi connectivity index (χ1n) is 6.35. The Kier molecular flexibility index (Phi) is 3.94. The third-order valence-corrected chi connectivity index (χ3v) is 3.29. The number of hydrogen-bond donors (Lipinski definition) is 2. The van der Waals surface area contributed by atoms with E-state index in [0.29, 0.717) is 11.3 Å². The predicted molar refractivity (Wildman–Crippen MR) is 79.7 cm³/mol. The Hall–Kier alpha value is -2.49. The molecular weight excluding hydrogens is 252 g/mol. The highest BCUT2D eigenvalue weighted by molar-refractivity contribution is 5.99. The average molecular weight is 270 g/mol. The second-order valence-electron chi connectivity index (χ2n) is 4.78. The number of nitrogens with two attached hydrogens (primary N) is 1. The molecule has 0 fully saturated rings. The summed E-state index contributed by atoms with van der Waals surface area (Å²) in [7, 11) is 0. The maximum atomic E-state index is 8.88. The Morgan fingerprint density at radius 1 is 1.10 bits per heavy atom. The molecule has 4 nitrogen and oxygen atoms in total. The van der Waals surface area contributed by atoms with Gasteiger partial charge in [-0.25, -0.2) is 0 Å². The Bertz CT molecular complexity index is 664. The SMILES string of the molecule is Cc1ccc(Oc2cccc(C)c2C)c(/C(N)=N/O)c1. The van der Waals surface area contributed by atoms with E-state index in [1.807, 2.05) is 57.2 Å². The van der Waals surface area contributed by atoms with Crippen molar-refractivity contribution in [2.45, 2.75) is 20.8 Å². The van der Waals surface area contributed by atoms with E-state index in [4.69, 9.17) is 15.7 Å². The van der Waals surface area contributed by atoms with Crippen LogP contribution in [0.5, 0.6) is 11.5 Å². The van der Waals surface area contributed by atoms with Gasteiger partial charge in [-0.1, -0.05) is 28.9 Å². The van der Waals surface area contributed by atoms with E-state index in [9.17, 15) is 0 Å². The number of rotatable bonds is 3. The molecule has 2 aromatic rings. The van der Waals surface area contributed by atoms with Crippen molar-refractivity contribution in [2.75, 3.05) is 0 Å². The van der Waals surface area contributed by atoms with Crippen molar-refractivity contribution in [3.63, 3.8) is 0 Å². The summed E-state index contributed by atoms with van der Waals surface area (Å²) in [5.41, 5.74) is 9.52. The molecule has 0 aliphatic heterocycles. The van der Waals surface area contributed by atoms with Crippen LogP contribution in [0.4, 0.5) is 0 Å². The minimum absolute atomic E-state index is 0.0361. The molecule has 2 rings (SSSR count). The zero-order valence-electron chi connectivity index (χ0n) is 11.8. The maximum Gasteiger partial charge on any atom is 0.173 e. The number of aryl methyl sites for hydroxylation is 2. The lowest BCUT2D eigenvalue weighted by molar-refractivity contribution is 0.318. The Labute approximate surface area is 118 Å². The minimum Gasteiger partial charge on any atom is -0.456 e. The van der Waals surface area contributed by atoms with Crippen LogP contribution in [0.25, 0.3) is 0 Å². The fraction of sp³-hybridized carbons (Fsp3) is 0.188. The third kappa shape index (κ3) is 2.74. The first-order valence-corrected chi connectivity index (χ1v) is 6.35. The Morgan fingerprint density at radius 2 is 1.85 bits per heavy atom. The van der Waals surface area contributed by atoms with Crippen LogP contribution in [0.1, 0.15) is 22.3 Å². The molecule has 0 aliphatic rings. The largest absolute Gasteiger partial charge is 0.456 e. The molecule has 0 aliphatic carbocycles. The van der Waals surface area contributed by atoms with Crippen LogP contribution in [-0.4, -0.2) is 11.0 Å². The molecule has 2 aromatic carbocycles. The lowest BCUT2D eigenvalue weighted by Gasteiger charge is -2.14. The molecule has 0 heterocycles. The number of nitrogens with zero attached hydrogens (tertiary/aromatic N) is 1. The molecular formula is C16H18N2O2. The smallest absolute Gasteiger partial charge is 0.173 e. The van der Waals surface area contributed by atoms with Crippen molar-refractivity contribution in [1.82, 2.24) is 0 Å². The normalized spacial score (nSPS) is 11.4. The van der Waals surface area contributed by atoms with Crippen LogP contribution in [0.15, 0.2) is 41.6 Å². The van der Waals surface area contributed by atoms with Gasteiger partial charge in [-0.3, -0.25) is 0 Å². The van der Waals surface area contributed by atoms with Gasteiger partial charge >= 0.3 is 0 Å². The van der Waals surface area contributed by atoms with E-state index < -0.39 is 0 Å². The zero-order valence-corrected chi connectivity index (χ0v) is 11.8. The number of amidine groups is 1. The van der Waals surface area contributed by atoms with Crippen molar-refractivity contribution in [1.29, 1.82) is 0 Å². The second kappa shape index (κ2) is 5.65. The fourth-order valence-electron chi connectivity index (χ4n) is 1.94. The monoisotopic (exact) mass is 270 g/mol. The predicted octanol–water partition coefficient (Wildman–Crippen LogP) is 3.50. The van der Waals surface area contributed by atoms with E-state index in [2.05, 4.69) is 5.16 Å². The second-order valence-corrected chi connectivity index (χ2v) is 4.78. The number of benzene rings is 2. The molecule has 104 valence electrons. The first-order chi connectivity index (χ1) is 9.52. The lowest BCUT2D eigenvalue weighted by Crippen LogP contribution is -2.14. The van der Waals surface area contributed by atoms with E-state index in [-0.39, 0.29) is 5.84 Å². The van der Waals surface area contributed by atoms with Gasteiger partial charge < -0.3 is 15.7 Å². The van der Waals surface area contributed by atoms with Gasteiger partial charge in [0.1, 0.15) is 11.5 Å². The molecule has 0 radical (unpaired) electrons. The topological polar surface area (TPSA) is 67.8 Å². The molecule has 0 saturated carbocycles. The van der Waals surface area contributed by atoms with E-state index >= 15 is 0 Å². The molecule has 0 aromatic heterocycles. The highest BCUT2D eigenvalue weighted by Gasteiger charge is 2.11. The van der Waals surface area contributed by atoms with Gasteiger partial charge in [0.15, 0.2) is 5.84 Å². The highest BCUT2D eigenvalue weighted by Crippen LogP contribution is 2.29. The van der Waals surface area contributed by atoms with Crippen molar-refractivity contribution >= 4 is 5.84 Å². The molecule has 20 heavy (non-hydrogen) atoms. The Balaban J connectivity index is 2.46. The van der Waals surface area contributed by atoms with Crippen LogP contribution in [-0.2, 0) is 0 Å². The molecule has 0 bridgehead atoms. The molecule has 0 unspecified atom stereocenters. The molecule has 3 N–H and O–H groups in total. The average Bonchev–Trinajstić information content (AvgIpc) is 2.44. The van der Waals surface area contributed by atoms with Gasteiger partial charge in [-0.15, -0.1) is 0 Å². The van der Waals surface area contributed by atoms with Crippen molar-refractivity contribution < 1.29 is 9.94 Å². The summed E-state index contributed by atoms with van der Waals surface area (Å²) >= 11 is 0. The zero-order chi connectivity index (χ0) is 14.7. The molecule has 4 heteroatoms. The molecule has 0 saturated heterocycles. The minimum atomic E-state index is 0.0361. The third-order valence-electron chi connectivity index (χ3n) is 3.29. The summed E-state index contributed by atoms with van der Waals surface area (Å²) in [6.45, 7) is 5.97. The molecule has 0 amide bonds. The molecule has 0 atom stereocenters. The highest BCUT2D eigenvalue weighted by atomic mass is 16.5. The van der Waals surface area contributed by atoms with Crippen LogP contribution >= 0.6 is 0 Å². The summed E-state index contributed by atoms with van der Waals surface area (Å²) in [4.78, 5) is 0. The van der Waals surface area contributed by atoms with Crippen LogP contribution in [0.2, 0.25) is 0 Å². The van der Waals surface area contributed by atoms with E-state index in [1.54, 1.807) is 0 Å². The summed E-state index contributed by atoms with van der Waals surface area (Å²) in [5.74, 6) is 1.37. The summed E-state index contributed by atoms with van der Waals surface area (Å²) < 4.78 is 5.93. The van der Waals surface area contributed by atoms with Gasteiger partial charge in [0, 0.05) is 0 Å². The van der Waals surface area contributed by atoms with Gasteiger partial charge in [-0.05, 0) is 50.1 Å². The standard InChI is InChI=1S/C16H18N2O2/c1-10-7-8-15(13(9-10)16(17)18-19)20-14-6-4-5-11(2)12(14)3/h4-9,19H,1-3H3,(H2,17,18). The summed E-state index contributed by atoms with van der Waals surface area (Å²) in [6.07, 6.45) is 0. The van der Waals surface area contributed by atoms with Gasteiger partial charge in [0.05, 0.1) is 5.56 Å². The van der Waals surface area contributed by atoms with Gasteiger partial charge in [0.2, 0.25) is 0 Å². The van der Waals surface area contributed by atoms with Gasteiger partial charge in [0.25, 0.3) is 0 Å². The van der Waals surface area contributed by atoms with Crippen LogP contribution in [0.3, 0.4) is 0 Å². The van der Waals surface area contributed by atoms with E-state index in [1.165, 1.54) is 0 Å². The summed E-state index contributed by atoms with van der Waals surface area (Å²) in [6, 6.07) is 11.4. The van der Waals surface area contributed by atoms with E-state index in [0.717, 1.165) is 22.4 Å². The van der Waals surface area contributed by atoms with Crippen LogP contribution in [0, 0.1) is 20.8 Å². The quantitative estimate of drug-likeness (QED) is 0.388. The number of ether oxygens (including phenoxy) is 1. The van der Waals surface area contributed by atoms with Crippen molar-refractivity contribution in [3.05, 3.63) is 58.7 Å².